The van der Waals surface area contributed by atoms with Crippen LogP contribution in [0.25, 0.3) is 0 Å². The van der Waals surface area contributed by atoms with Gasteiger partial charge in [0.15, 0.2) is 24.4 Å². The molecule has 1 aliphatic heterocycles. The van der Waals surface area contributed by atoms with E-state index in [1.165, 1.54) is 0 Å². The van der Waals surface area contributed by atoms with Crippen molar-refractivity contribution in [1.29, 1.82) is 0 Å². The molecule has 4 amide bonds. The van der Waals surface area contributed by atoms with Gasteiger partial charge in [-0.2, -0.15) is 0 Å². The number of hydrogen-bond donors (Lipinski definition) is 4. The van der Waals surface area contributed by atoms with Crippen LogP contribution in [0, 0.1) is 0 Å². The Hall–Kier alpha value is -6.04. The van der Waals surface area contributed by atoms with Gasteiger partial charge in [-0.05, 0) is 76.2 Å². The first-order valence-electron chi connectivity index (χ1n) is 15.3. The summed E-state index contributed by atoms with van der Waals surface area (Å²) in [5.41, 5.74) is 1.77. The second kappa shape index (κ2) is 15.0. The Balaban J connectivity index is 1.38. The summed E-state index contributed by atoms with van der Waals surface area (Å²) < 4.78 is 23.4. The molecule has 1 heterocycles. The normalized spacial score (nSPS) is 20.8. The van der Waals surface area contributed by atoms with Crippen LogP contribution in [0.5, 0.6) is 23.0 Å². The van der Waals surface area contributed by atoms with E-state index in [9.17, 15) is 19.2 Å². The molecule has 0 fully saturated rings. The number of benzene rings is 4. The van der Waals surface area contributed by atoms with Crippen LogP contribution >= 0.6 is 0 Å². The molecule has 5 rings (SSSR count). The highest BCUT2D eigenvalue weighted by Gasteiger charge is 2.21. The molecular weight excluding hydrogens is 616 g/mol. The van der Waals surface area contributed by atoms with Crippen LogP contribution in [-0.4, -0.2) is 48.0 Å². The lowest BCUT2D eigenvalue weighted by Gasteiger charge is -2.19. The van der Waals surface area contributed by atoms with E-state index >= 15 is 0 Å². The van der Waals surface area contributed by atoms with Crippen molar-refractivity contribution in [2.75, 3.05) is 21.3 Å². The van der Waals surface area contributed by atoms with Gasteiger partial charge in [0.25, 0.3) is 23.6 Å². The minimum Gasteiger partial charge on any atom is -0.481 e. The lowest BCUT2D eigenvalue weighted by atomic mass is 10.2. The largest absolute Gasteiger partial charge is 0.481 e. The van der Waals surface area contributed by atoms with Crippen LogP contribution in [0.4, 0.5) is 22.7 Å². The van der Waals surface area contributed by atoms with Gasteiger partial charge in [-0.25, -0.2) is 0 Å². The summed E-state index contributed by atoms with van der Waals surface area (Å²) in [6, 6.07) is 26.5. The molecule has 4 N–H and O–H groups in total. The number of fused-ring (bicyclic) bond motifs is 8. The third-order valence-corrected chi connectivity index (χ3v) is 7.13. The zero-order chi connectivity index (χ0) is 34.2. The lowest BCUT2D eigenvalue weighted by molar-refractivity contribution is -0.122. The minimum absolute atomic E-state index is 0.362. The van der Waals surface area contributed by atoms with E-state index in [0.29, 0.717) is 45.7 Å². The fraction of sp³-hybridized carbons (Fsp3) is 0.222. The Kier molecular flexibility index (Phi) is 10.4. The van der Waals surface area contributed by atoms with Gasteiger partial charge in [0.05, 0.1) is 0 Å². The summed E-state index contributed by atoms with van der Waals surface area (Å²) in [7, 11) is 0. The highest BCUT2D eigenvalue weighted by atomic mass is 16.5. The number of rotatable bonds is 0. The van der Waals surface area contributed by atoms with Gasteiger partial charge in [-0.3, -0.25) is 19.2 Å². The summed E-state index contributed by atoms with van der Waals surface area (Å²) in [5.74, 6) is -0.227. The molecule has 0 aromatic heterocycles. The van der Waals surface area contributed by atoms with E-state index < -0.39 is 48.0 Å². The summed E-state index contributed by atoms with van der Waals surface area (Å²) in [4.78, 5) is 51.9. The molecule has 4 aromatic carbocycles. The minimum atomic E-state index is -0.894. The first-order chi connectivity index (χ1) is 23.0. The maximum atomic E-state index is 13.0. The van der Waals surface area contributed by atoms with Crippen LogP contribution in [-0.2, 0) is 19.2 Å². The van der Waals surface area contributed by atoms with Crippen molar-refractivity contribution in [2.24, 2.45) is 0 Å². The molecule has 0 spiro atoms. The number of carbonyl (C=O) groups excluding carboxylic acids is 4. The van der Waals surface area contributed by atoms with Gasteiger partial charge in [-0.1, -0.05) is 24.3 Å². The highest BCUT2D eigenvalue weighted by Crippen LogP contribution is 2.24. The summed E-state index contributed by atoms with van der Waals surface area (Å²) in [6.45, 7) is 6.39. The summed E-state index contributed by atoms with van der Waals surface area (Å²) >= 11 is 0. The Morgan fingerprint density at radius 3 is 0.792 bits per heavy atom. The average Bonchev–Trinajstić information content (AvgIpc) is 3.05. The number of amides is 4. The Bertz CT molecular complexity index is 1550. The van der Waals surface area contributed by atoms with Crippen LogP contribution < -0.4 is 40.2 Å². The number of hydrogen-bond acceptors (Lipinski definition) is 8. The van der Waals surface area contributed by atoms with Gasteiger partial charge < -0.3 is 40.2 Å². The van der Waals surface area contributed by atoms with Gasteiger partial charge in [0, 0.05) is 47.0 Å². The Morgan fingerprint density at radius 2 is 0.583 bits per heavy atom. The monoisotopic (exact) mass is 652 g/mol. The molecule has 4 atom stereocenters. The van der Waals surface area contributed by atoms with E-state index in [0.717, 1.165) is 0 Å². The Morgan fingerprint density at radius 1 is 0.375 bits per heavy atom. The predicted molar refractivity (Wildman–Crippen MR) is 181 cm³/mol. The molecule has 0 unspecified atom stereocenters. The first-order valence-corrected chi connectivity index (χ1v) is 15.3. The van der Waals surface area contributed by atoms with Crippen molar-refractivity contribution >= 4 is 46.4 Å². The molecule has 8 bridgehead atoms. The number of carbonyl (C=O) groups is 4. The van der Waals surface area contributed by atoms with Crippen molar-refractivity contribution in [1.82, 2.24) is 0 Å². The second-order valence-electron chi connectivity index (χ2n) is 11.1. The Labute approximate surface area is 277 Å². The number of anilines is 4. The fourth-order valence-corrected chi connectivity index (χ4v) is 4.59. The van der Waals surface area contributed by atoms with E-state index in [2.05, 4.69) is 21.3 Å². The third-order valence-electron chi connectivity index (χ3n) is 7.13. The second-order valence-corrected chi connectivity index (χ2v) is 11.1. The summed E-state index contributed by atoms with van der Waals surface area (Å²) in [6.07, 6.45) is -3.57. The SMILES string of the molecule is C[C@@H]1Oc2cccc(c2)NC(=O)[C@H](C)Oc2cccc(c2)NC(=O)[C@H](C)Oc2cccc(c2)NC(=O)[C@H](C)Oc2cccc(c2)NC1=O. The zero-order valence-corrected chi connectivity index (χ0v) is 26.8. The smallest absolute Gasteiger partial charge is 0.265 e. The molecule has 248 valence electrons. The molecule has 12 nitrogen and oxygen atoms in total. The standard InChI is InChI=1S/C36H36N4O8/c1-21-33(41)37-25-9-6-14-30(18-25)46-23(3)35(43)39-27-11-8-16-32(20-27)48-24(4)36(44)40-28-12-7-15-31(19-28)47-22(2)34(42)38-26-10-5-13-29(17-26)45-21/h5-24H,1-4H3,(H,37,41)(H,38,42)(H,39,43)(H,40,44)/t21-,22-,23-,24-/m0/s1. The molecular formula is C36H36N4O8. The molecule has 48 heavy (non-hydrogen) atoms. The van der Waals surface area contributed by atoms with Crippen molar-refractivity contribution < 1.29 is 38.1 Å². The predicted octanol–water partition coefficient (Wildman–Crippen LogP) is 5.62. The van der Waals surface area contributed by atoms with Crippen LogP contribution in [0.3, 0.4) is 0 Å². The molecule has 4 aromatic rings. The van der Waals surface area contributed by atoms with E-state index in [-0.39, 0.29) is 0 Å². The third kappa shape index (κ3) is 9.03. The molecule has 0 radical (unpaired) electrons. The topological polar surface area (TPSA) is 153 Å². The van der Waals surface area contributed by atoms with E-state index in [4.69, 9.17) is 18.9 Å². The lowest BCUT2D eigenvalue weighted by Crippen LogP contribution is -2.31. The fourth-order valence-electron chi connectivity index (χ4n) is 4.59. The first kappa shape index (κ1) is 33.3. The van der Waals surface area contributed by atoms with Crippen LogP contribution in [0.15, 0.2) is 97.1 Å². The van der Waals surface area contributed by atoms with Crippen molar-refractivity contribution in [2.45, 2.75) is 52.1 Å². The highest BCUT2D eigenvalue weighted by molar-refractivity contribution is 5.96. The van der Waals surface area contributed by atoms with Crippen LogP contribution in [0.2, 0.25) is 0 Å². The van der Waals surface area contributed by atoms with Gasteiger partial charge in [0.2, 0.25) is 0 Å². The number of ether oxygens (including phenoxy) is 4. The van der Waals surface area contributed by atoms with Crippen molar-refractivity contribution in [3.05, 3.63) is 97.1 Å². The molecule has 0 aliphatic carbocycles. The van der Waals surface area contributed by atoms with Crippen molar-refractivity contribution in [3.63, 3.8) is 0 Å². The van der Waals surface area contributed by atoms with E-state index in [1.54, 1.807) is 125 Å². The van der Waals surface area contributed by atoms with Gasteiger partial charge >= 0.3 is 0 Å². The van der Waals surface area contributed by atoms with Crippen molar-refractivity contribution in [3.8, 4) is 23.0 Å². The molecule has 0 saturated heterocycles. The maximum Gasteiger partial charge on any atom is 0.265 e. The molecule has 1 aliphatic rings. The average molecular weight is 653 g/mol. The molecule has 12 heteroatoms. The maximum absolute atomic E-state index is 13.0. The zero-order valence-electron chi connectivity index (χ0n) is 26.8. The van der Waals surface area contributed by atoms with Gasteiger partial charge in [-0.15, -0.1) is 0 Å². The number of nitrogens with one attached hydrogen (secondary N) is 4. The quantitative estimate of drug-likeness (QED) is 0.191. The molecule has 0 saturated carbocycles. The van der Waals surface area contributed by atoms with Crippen LogP contribution in [0.1, 0.15) is 27.7 Å². The van der Waals surface area contributed by atoms with E-state index in [1.807, 2.05) is 0 Å². The summed E-state index contributed by atoms with van der Waals surface area (Å²) in [5, 5.41) is 11.2. The van der Waals surface area contributed by atoms with Gasteiger partial charge in [0.1, 0.15) is 23.0 Å².